The summed E-state index contributed by atoms with van der Waals surface area (Å²) in [5, 5.41) is 20.4. The second kappa shape index (κ2) is 42.2. The molecule has 0 amide bonds. The Bertz CT molecular complexity index is 631. The molecule has 0 aromatic carbocycles. The van der Waals surface area contributed by atoms with Crippen molar-refractivity contribution in [1.82, 2.24) is 0 Å². The van der Waals surface area contributed by atoms with E-state index in [2.05, 4.69) is 13.8 Å². The van der Waals surface area contributed by atoms with E-state index < -0.39 is 17.4 Å². The summed E-state index contributed by atoms with van der Waals surface area (Å²) >= 11 is 0.00985. The van der Waals surface area contributed by atoms with Gasteiger partial charge < -0.3 is 19.8 Å². The van der Waals surface area contributed by atoms with Gasteiger partial charge >= 0.3 is 171 Å². The number of hydrogen-bond donors (Lipinski definition) is 0. The van der Waals surface area contributed by atoms with E-state index in [1.54, 1.807) is 21.7 Å². The van der Waals surface area contributed by atoms with E-state index in [1.807, 2.05) is 0 Å². The van der Waals surface area contributed by atoms with E-state index in [0.29, 0.717) is 12.8 Å². The van der Waals surface area contributed by atoms with Crippen molar-refractivity contribution in [3.05, 3.63) is 0 Å². The Morgan fingerprint density at radius 1 is 0.408 bits per heavy atom. The Morgan fingerprint density at radius 3 is 0.878 bits per heavy atom. The molecule has 0 aliphatic heterocycles. The maximum absolute atomic E-state index is 10.4. The van der Waals surface area contributed by atoms with Crippen molar-refractivity contribution in [3.8, 4) is 0 Å². The fourth-order valence-electron chi connectivity index (χ4n) is 6.50. The van der Waals surface area contributed by atoms with Crippen LogP contribution in [0.25, 0.3) is 0 Å². The first-order valence-electron chi connectivity index (χ1n) is 21.9. The molecule has 290 valence electrons. The van der Waals surface area contributed by atoms with Gasteiger partial charge in [0.25, 0.3) is 0 Å². The number of hydrogen-bond acceptors (Lipinski definition) is 4. The van der Waals surface area contributed by atoms with Crippen molar-refractivity contribution in [1.29, 1.82) is 0 Å². The average Bonchev–Trinajstić information content (AvgIpc) is 3.07. The fourth-order valence-corrected chi connectivity index (χ4v) is 10.1. The summed E-state index contributed by atoms with van der Waals surface area (Å²) in [5.74, 6) is -2.30. The molecule has 0 fully saturated rings. The van der Waals surface area contributed by atoms with Gasteiger partial charge in [0.1, 0.15) is 0 Å². The minimum Gasteiger partial charge on any atom is -0.0654 e. The minimum absolute atomic E-state index is 0.00985. The SMILES string of the molecule is CC(C)(CCCC(=O)[O-])C(=O)[O-].CCCCCCCCCCCCCCCCC[CH2][Sn+2][CH2]CCCCCCCCCCCCCCCCC. The summed E-state index contributed by atoms with van der Waals surface area (Å²) in [7, 11) is 0. The van der Waals surface area contributed by atoms with Gasteiger partial charge in [-0.3, -0.25) is 0 Å². The monoisotopic (exact) mass is 799 g/mol. The molecular formula is C44H86O4Sn. The van der Waals surface area contributed by atoms with Gasteiger partial charge in [-0.15, -0.1) is 0 Å². The van der Waals surface area contributed by atoms with Gasteiger partial charge in [-0.2, -0.15) is 0 Å². The van der Waals surface area contributed by atoms with Gasteiger partial charge in [0.2, 0.25) is 0 Å². The predicted octanol–water partition coefficient (Wildman–Crippen LogP) is 12.7. The molecule has 4 nitrogen and oxygen atoms in total. The summed E-state index contributed by atoms with van der Waals surface area (Å²) < 4.78 is 3.33. The van der Waals surface area contributed by atoms with Gasteiger partial charge in [0.15, 0.2) is 0 Å². The van der Waals surface area contributed by atoms with Crippen molar-refractivity contribution in [2.45, 2.75) is 261 Å². The summed E-state index contributed by atoms with van der Waals surface area (Å²) in [6.07, 6.45) is 48.4. The van der Waals surface area contributed by atoms with Crippen LogP contribution in [-0.2, 0) is 9.59 Å². The zero-order chi connectivity index (χ0) is 36.5. The van der Waals surface area contributed by atoms with E-state index in [9.17, 15) is 19.8 Å². The molecule has 0 N–H and O–H groups in total. The van der Waals surface area contributed by atoms with Crippen molar-refractivity contribution in [2.75, 3.05) is 0 Å². The summed E-state index contributed by atoms with van der Waals surface area (Å²) in [6, 6.07) is 0. The Hall–Kier alpha value is -0.261. The molecule has 0 heterocycles. The van der Waals surface area contributed by atoms with E-state index in [1.165, 1.54) is 206 Å². The molecule has 0 aromatic rings. The van der Waals surface area contributed by atoms with Gasteiger partial charge in [-0.05, 0) is 19.3 Å². The van der Waals surface area contributed by atoms with Crippen LogP contribution in [0.3, 0.4) is 0 Å². The van der Waals surface area contributed by atoms with Crippen LogP contribution in [-0.4, -0.2) is 33.1 Å². The number of unbranched alkanes of at least 4 members (excludes halogenated alkanes) is 30. The topological polar surface area (TPSA) is 80.3 Å². The van der Waals surface area contributed by atoms with Gasteiger partial charge in [0, 0.05) is 17.4 Å². The summed E-state index contributed by atoms with van der Waals surface area (Å²) in [4.78, 5) is 20.4. The quantitative estimate of drug-likeness (QED) is 0.0458. The molecule has 0 spiro atoms. The molecule has 0 aliphatic rings. The molecule has 0 saturated heterocycles. The molecule has 0 rings (SSSR count). The zero-order valence-electron chi connectivity index (χ0n) is 33.8. The molecule has 0 saturated carbocycles. The smallest absolute Gasteiger partial charge is 0.0654 e. The standard InChI is InChI=1S/2C18H37.C8H14O4.Sn/c2*1-3-5-7-9-11-13-15-17-18-16-14-12-10-8-6-4-2;1-8(2,7(11)12)5-3-4-6(9)10;/h2*1,3-18H2,2H3;3-5H2,1-2H3,(H,9,10)(H,11,12);/q;;;+2/p-2. The first-order valence-corrected chi connectivity index (χ1v) is 25.9. The van der Waals surface area contributed by atoms with Crippen LogP contribution in [0, 0.1) is 5.41 Å². The Balaban J connectivity index is 0. The van der Waals surface area contributed by atoms with Crippen molar-refractivity contribution in [2.24, 2.45) is 5.41 Å². The average molecular weight is 798 g/mol. The molecule has 0 aromatic heterocycles. The van der Waals surface area contributed by atoms with Crippen LogP contribution in [0.15, 0.2) is 0 Å². The summed E-state index contributed by atoms with van der Waals surface area (Å²) in [6.45, 7) is 7.64. The van der Waals surface area contributed by atoms with E-state index in [-0.39, 0.29) is 27.6 Å². The van der Waals surface area contributed by atoms with Crippen LogP contribution in [0.5, 0.6) is 0 Å². The fraction of sp³-hybridized carbons (Fsp3) is 0.955. The molecule has 0 atom stereocenters. The molecule has 0 radical (unpaired) electrons. The van der Waals surface area contributed by atoms with Crippen molar-refractivity contribution >= 4 is 33.1 Å². The first-order chi connectivity index (χ1) is 23.8. The second-order valence-electron chi connectivity index (χ2n) is 15.8. The van der Waals surface area contributed by atoms with E-state index in [0.717, 1.165) is 0 Å². The number of aliphatic carboxylic acids is 2. The van der Waals surface area contributed by atoms with Crippen LogP contribution >= 0.6 is 0 Å². The molecule has 0 bridgehead atoms. The Morgan fingerprint density at radius 2 is 0.653 bits per heavy atom. The third kappa shape index (κ3) is 45.7. The molecule has 0 aliphatic carbocycles. The van der Waals surface area contributed by atoms with Gasteiger partial charge in [-0.1, -0.05) is 91.9 Å². The zero-order valence-corrected chi connectivity index (χ0v) is 36.7. The summed E-state index contributed by atoms with van der Waals surface area (Å²) in [5.41, 5.74) is -0.949. The molecule has 49 heavy (non-hydrogen) atoms. The minimum atomic E-state index is -1.15. The second-order valence-corrected chi connectivity index (χ2v) is 20.0. The maximum atomic E-state index is 10.4. The first kappa shape index (κ1) is 50.8. The number of rotatable bonds is 39. The van der Waals surface area contributed by atoms with Gasteiger partial charge in [-0.25, -0.2) is 0 Å². The molecule has 0 unspecified atom stereocenters. The van der Waals surface area contributed by atoms with Crippen molar-refractivity contribution < 1.29 is 19.8 Å². The third-order valence-electron chi connectivity index (χ3n) is 10.1. The number of carbonyl (C=O) groups is 2. The number of carboxylic acids is 2. The Labute approximate surface area is 318 Å². The van der Waals surface area contributed by atoms with Crippen LogP contribution in [0.4, 0.5) is 0 Å². The Kier molecular flexibility index (Phi) is 43.7. The number of carbonyl (C=O) groups excluding carboxylic acids is 2. The van der Waals surface area contributed by atoms with E-state index >= 15 is 0 Å². The van der Waals surface area contributed by atoms with Crippen molar-refractivity contribution in [3.63, 3.8) is 0 Å². The van der Waals surface area contributed by atoms with E-state index in [4.69, 9.17) is 0 Å². The molecule has 5 heteroatoms. The molecular weight excluding hydrogens is 711 g/mol. The van der Waals surface area contributed by atoms with Gasteiger partial charge in [0.05, 0.1) is 0 Å². The van der Waals surface area contributed by atoms with Crippen LogP contribution in [0.1, 0.15) is 252 Å². The normalized spacial score (nSPS) is 11.3. The third-order valence-corrected chi connectivity index (χ3v) is 14.2. The number of carboxylic acid groups (broad SMARTS) is 2. The van der Waals surface area contributed by atoms with Crippen LogP contribution in [0.2, 0.25) is 8.87 Å². The van der Waals surface area contributed by atoms with Crippen LogP contribution < -0.4 is 10.2 Å². The predicted molar refractivity (Wildman–Crippen MR) is 212 cm³/mol.